The highest BCUT2D eigenvalue weighted by atomic mass is 32.2. The van der Waals surface area contributed by atoms with E-state index in [2.05, 4.69) is 17.0 Å². The van der Waals surface area contributed by atoms with Crippen LogP contribution in [-0.4, -0.2) is 53.0 Å². The Morgan fingerprint density at radius 2 is 2.10 bits per heavy atom. The summed E-state index contributed by atoms with van der Waals surface area (Å²) in [6.45, 7) is 6.29. The van der Waals surface area contributed by atoms with Gasteiger partial charge in [0, 0.05) is 37.0 Å². The summed E-state index contributed by atoms with van der Waals surface area (Å²) in [7, 11) is -3.26. The molecule has 1 aromatic heterocycles. The second kappa shape index (κ2) is 8.60. The summed E-state index contributed by atoms with van der Waals surface area (Å²) in [5.41, 5.74) is 1.79. The number of nitrogens with one attached hydrogen (secondary N) is 1. The molecular formula is C20H24N4O4S. The summed E-state index contributed by atoms with van der Waals surface area (Å²) < 4.78 is 26.2. The van der Waals surface area contributed by atoms with Crippen LogP contribution in [0.1, 0.15) is 34.5 Å². The van der Waals surface area contributed by atoms with Gasteiger partial charge in [-0.2, -0.15) is 5.10 Å². The van der Waals surface area contributed by atoms with Gasteiger partial charge in [-0.1, -0.05) is 24.8 Å². The van der Waals surface area contributed by atoms with Gasteiger partial charge in [-0.25, -0.2) is 8.42 Å². The van der Waals surface area contributed by atoms with E-state index in [1.54, 1.807) is 46.2 Å². The van der Waals surface area contributed by atoms with Gasteiger partial charge in [0.1, 0.15) is 0 Å². The summed E-state index contributed by atoms with van der Waals surface area (Å²) in [5.74, 6) is -0.811. The second-order valence-corrected chi connectivity index (χ2v) is 9.07. The van der Waals surface area contributed by atoms with Crippen LogP contribution >= 0.6 is 0 Å². The van der Waals surface area contributed by atoms with Gasteiger partial charge < -0.3 is 10.2 Å². The van der Waals surface area contributed by atoms with E-state index in [1.807, 2.05) is 6.92 Å². The average Bonchev–Trinajstić information content (AvgIpc) is 3.20. The summed E-state index contributed by atoms with van der Waals surface area (Å²) >= 11 is 0. The smallest absolute Gasteiger partial charge is 0.254 e. The first-order valence-corrected chi connectivity index (χ1v) is 11.2. The van der Waals surface area contributed by atoms with E-state index in [4.69, 9.17) is 0 Å². The molecular weight excluding hydrogens is 392 g/mol. The first-order chi connectivity index (χ1) is 13.8. The van der Waals surface area contributed by atoms with Gasteiger partial charge in [0.15, 0.2) is 9.84 Å². The second-order valence-electron chi connectivity index (χ2n) is 6.84. The molecule has 29 heavy (non-hydrogen) atoms. The number of amides is 2. The zero-order valence-electron chi connectivity index (χ0n) is 16.2. The Morgan fingerprint density at radius 3 is 2.79 bits per heavy atom. The lowest BCUT2D eigenvalue weighted by atomic mass is 10.0. The van der Waals surface area contributed by atoms with Gasteiger partial charge in [-0.15, -0.1) is 0 Å². The Hall–Kier alpha value is -2.94. The minimum Gasteiger partial charge on any atom is -0.348 e. The molecule has 2 amide bonds. The number of sulfone groups is 1. The average molecular weight is 417 g/mol. The van der Waals surface area contributed by atoms with E-state index >= 15 is 0 Å². The Morgan fingerprint density at radius 1 is 1.34 bits per heavy atom. The maximum Gasteiger partial charge on any atom is 0.254 e. The number of hydrogen-bond acceptors (Lipinski definition) is 5. The summed E-state index contributed by atoms with van der Waals surface area (Å²) in [6.07, 6.45) is 4.56. The topological polar surface area (TPSA) is 101 Å². The van der Waals surface area contributed by atoms with E-state index in [9.17, 15) is 18.0 Å². The lowest BCUT2D eigenvalue weighted by molar-refractivity contribution is -0.116. The largest absolute Gasteiger partial charge is 0.348 e. The molecule has 0 saturated carbocycles. The molecule has 1 aliphatic rings. The standard InChI is InChI=1S/C20H24N4O4S/c1-3-19(25)21-11-15-7-5-6-8-17(15)20(26)24-9-10-29(27,28)14-18(24)16-12-22-23(4-2)13-16/h3,5-8,12-13,18H,1,4,9-11,14H2,2H3,(H,21,25). The fraction of sp³-hybridized carbons (Fsp3) is 0.350. The maximum absolute atomic E-state index is 13.4. The van der Waals surface area contributed by atoms with Crippen LogP contribution in [0.5, 0.6) is 0 Å². The minimum atomic E-state index is -3.26. The van der Waals surface area contributed by atoms with Crippen molar-refractivity contribution in [2.24, 2.45) is 0 Å². The molecule has 1 aromatic carbocycles. The predicted molar refractivity (Wildman–Crippen MR) is 109 cm³/mol. The van der Waals surface area contributed by atoms with Gasteiger partial charge >= 0.3 is 0 Å². The van der Waals surface area contributed by atoms with Crippen molar-refractivity contribution in [3.05, 3.63) is 66.0 Å². The van der Waals surface area contributed by atoms with Crippen LogP contribution in [0.4, 0.5) is 0 Å². The number of carbonyl (C=O) groups is 2. The molecule has 1 unspecified atom stereocenters. The van der Waals surface area contributed by atoms with Crippen LogP contribution in [0.3, 0.4) is 0 Å². The SMILES string of the molecule is C=CC(=O)NCc1ccccc1C(=O)N1CCS(=O)(=O)CC1c1cnn(CC)c1. The lowest BCUT2D eigenvalue weighted by Crippen LogP contribution is -2.46. The van der Waals surface area contributed by atoms with Crippen LogP contribution < -0.4 is 5.32 Å². The molecule has 1 N–H and O–H groups in total. The van der Waals surface area contributed by atoms with E-state index < -0.39 is 15.9 Å². The van der Waals surface area contributed by atoms with E-state index in [1.165, 1.54) is 6.08 Å². The molecule has 0 bridgehead atoms. The van der Waals surface area contributed by atoms with Crippen LogP contribution in [0, 0.1) is 0 Å². The molecule has 1 atom stereocenters. The van der Waals surface area contributed by atoms with E-state index in [-0.39, 0.29) is 36.4 Å². The number of rotatable bonds is 6. The van der Waals surface area contributed by atoms with Crippen molar-refractivity contribution in [1.82, 2.24) is 20.0 Å². The first-order valence-electron chi connectivity index (χ1n) is 9.36. The van der Waals surface area contributed by atoms with E-state index in [0.717, 1.165) is 0 Å². The van der Waals surface area contributed by atoms with Gasteiger partial charge in [0.2, 0.25) is 5.91 Å². The summed E-state index contributed by atoms with van der Waals surface area (Å²) in [5, 5.41) is 6.90. The number of carbonyl (C=O) groups excluding carboxylic acids is 2. The molecule has 3 rings (SSSR count). The van der Waals surface area contributed by atoms with Crippen LogP contribution in [0.2, 0.25) is 0 Å². The zero-order chi connectivity index (χ0) is 21.0. The maximum atomic E-state index is 13.4. The number of aryl methyl sites for hydroxylation is 1. The molecule has 1 aliphatic heterocycles. The Kier molecular flexibility index (Phi) is 6.17. The highest BCUT2D eigenvalue weighted by Crippen LogP contribution is 2.29. The molecule has 9 heteroatoms. The molecule has 0 radical (unpaired) electrons. The van der Waals surface area contributed by atoms with Crippen molar-refractivity contribution in [3.8, 4) is 0 Å². The van der Waals surface area contributed by atoms with Gasteiger partial charge in [-0.05, 0) is 24.6 Å². The molecule has 1 fully saturated rings. The van der Waals surface area contributed by atoms with Crippen molar-refractivity contribution < 1.29 is 18.0 Å². The van der Waals surface area contributed by atoms with Crippen LogP contribution in [0.25, 0.3) is 0 Å². The number of benzene rings is 1. The van der Waals surface area contributed by atoms with Gasteiger partial charge in [0.05, 0.1) is 23.7 Å². The van der Waals surface area contributed by atoms with Crippen LogP contribution in [0.15, 0.2) is 49.3 Å². The predicted octanol–water partition coefficient (Wildman–Crippen LogP) is 1.32. The van der Waals surface area contributed by atoms with Crippen molar-refractivity contribution in [2.45, 2.75) is 26.1 Å². The highest BCUT2D eigenvalue weighted by Gasteiger charge is 2.36. The quantitative estimate of drug-likeness (QED) is 0.716. The highest BCUT2D eigenvalue weighted by molar-refractivity contribution is 7.91. The molecule has 0 aliphatic carbocycles. The third kappa shape index (κ3) is 4.73. The molecule has 2 heterocycles. The Bertz CT molecular complexity index is 1030. The third-order valence-corrected chi connectivity index (χ3v) is 6.57. The molecule has 0 spiro atoms. The lowest BCUT2D eigenvalue weighted by Gasteiger charge is -2.35. The normalized spacial score (nSPS) is 18.2. The fourth-order valence-corrected chi connectivity index (χ4v) is 4.84. The van der Waals surface area contributed by atoms with Crippen molar-refractivity contribution in [1.29, 1.82) is 0 Å². The number of aromatic nitrogens is 2. The monoisotopic (exact) mass is 416 g/mol. The molecule has 8 nitrogen and oxygen atoms in total. The van der Waals surface area contributed by atoms with Gasteiger partial charge in [-0.3, -0.25) is 14.3 Å². The Labute approximate surface area is 170 Å². The number of nitrogens with zero attached hydrogens (tertiary/aromatic N) is 3. The zero-order valence-corrected chi connectivity index (χ0v) is 17.1. The van der Waals surface area contributed by atoms with E-state index in [0.29, 0.717) is 23.2 Å². The van der Waals surface area contributed by atoms with Crippen molar-refractivity contribution in [3.63, 3.8) is 0 Å². The third-order valence-electron chi connectivity index (χ3n) is 4.94. The summed E-state index contributed by atoms with van der Waals surface area (Å²) in [6, 6.07) is 6.39. The molecule has 154 valence electrons. The van der Waals surface area contributed by atoms with Gasteiger partial charge in [0.25, 0.3) is 5.91 Å². The minimum absolute atomic E-state index is 0.0769. The van der Waals surface area contributed by atoms with Crippen LogP contribution in [-0.2, 0) is 27.7 Å². The van der Waals surface area contributed by atoms with Crippen molar-refractivity contribution in [2.75, 3.05) is 18.1 Å². The summed E-state index contributed by atoms with van der Waals surface area (Å²) in [4.78, 5) is 26.5. The first kappa shape index (κ1) is 20.8. The Balaban J connectivity index is 1.92. The fourth-order valence-electron chi connectivity index (χ4n) is 3.34. The molecule has 2 aromatic rings. The van der Waals surface area contributed by atoms with Crippen molar-refractivity contribution >= 4 is 21.7 Å². The molecule has 1 saturated heterocycles. The number of hydrogen-bond donors (Lipinski definition) is 1.